The molecular formula is C26H26BrN3O3. The Hall–Kier alpha value is -3.58. The van der Waals surface area contributed by atoms with E-state index in [1.54, 1.807) is 25.5 Å². The highest BCUT2D eigenvalue weighted by Gasteiger charge is 2.13. The largest absolute Gasteiger partial charge is 0.493 e. The first-order valence-corrected chi connectivity index (χ1v) is 11.1. The van der Waals surface area contributed by atoms with Gasteiger partial charge in [0.15, 0.2) is 11.5 Å². The smallest absolute Gasteiger partial charge is 0.339 e. The van der Waals surface area contributed by atoms with Crippen LogP contribution >= 0.6 is 15.9 Å². The van der Waals surface area contributed by atoms with Crippen molar-refractivity contribution in [1.82, 2.24) is 5.43 Å². The number of aryl methyl sites for hydroxylation is 1. The molecular weight excluding hydrogens is 482 g/mol. The molecule has 0 saturated heterocycles. The summed E-state index contributed by atoms with van der Waals surface area (Å²) in [4.78, 5) is 12.2. The SMILES string of the molecule is C=CCc1cc(/C=N/NC(=O)Nc2ccc(Br)c(C)c2)cc(OC)c1OCc1ccccc1. The van der Waals surface area contributed by atoms with Crippen molar-refractivity contribution in [1.29, 1.82) is 0 Å². The molecule has 0 aliphatic carbocycles. The first-order valence-electron chi connectivity index (χ1n) is 10.3. The lowest BCUT2D eigenvalue weighted by Gasteiger charge is -2.16. The molecule has 0 spiro atoms. The normalized spacial score (nSPS) is 10.6. The molecule has 0 unspecified atom stereocenters. The van der Waals surface area contributed by atoms with Crippen molar-refractivity contribution in [3.05, 3.63) is 100 Å². The van der Waals surface area contributed by atoms with Crippen molar-refractivity contribution < 1.29 is 14.3 Å². The number of nitrogens with one attached hydrogen (secondary N) is 2. The van der Waals surface area contributed by atoms with Gasteiger partial charge in [0.25, 0.3) is 0 Å². The first-order chi connectivity index (χ1) is 16.0. The van der Waals surface area contributed by atoms with Gasteiger partial charge in [-0.05, 0) is 60.4 Å². The zero-order chi connectivity index (χ0) is 23.6. The van der Waals surface area contributed by atoms with Gasteiger partial charge < -0.3 is 14.8 Å². The second-order valence-corrected chi connectivity index (χ2v) is 8.12. The minimum Gasteiger partial charge on any atom is -0.493 e. The van der Waals surface area contributed by atoms with Gasteiger partial charge in [-0.15, -0.1) is 6.58 Å². The van der Waals surface area contributed by atoms with Gasteiger partial charge in [-0.3, -0.25) is 0 Å². The molecule has 0 aliphatic heterocycles. The van der Waals surface area contributed by atoms with Gasteiger partial charge in [0, 0.05) is 15.7 Å². The molecule has 170 valence electrons. The van der Waals surface area contributed by atoms with E-state index in [-0.39, 0.29) is 0 Å². The molecule has 2 amide bonds. The Kier molecular flexibility index (Phi) is 8.66. The van der Waals surface area contributed by atoms with Crippen LogP contribution in [0.15, 0.2) is 82.9 Å². The molecule has 3 aromatic rings. The summed E-state index contributed by atoms with van der Waals surface area (Å²) in [6.07, 6.45) is 3.96. The lowest BCUT2D eigenvalue weighted by molar-refractivity contribution is 0.252. The molecule has 0 fully saturated rings. The molecule has 0 radical (unpaired) electrons. The van der Waals surface area contributed by atoms with Crippen LogP contribution in [0.1, 0.15) is 22.3 Å². The summed E-state index contributed by atoms with van der Waals surface area (Å²) >= 11 is 3.44. The second kappa shape index (κ2) is 11.9. The second-order valence-electron chi connectivity index (χ2n) is 7.27. The number of nitrogens with zero attached hydrogens (tertiary/aromatic N) is 1. The van der Waals surface area contributed by atoms with Crippen molar-refractivity contribution in [3.8, 4) is 11.5 Å². The van der Waals surface area contributed by atoms with E-state index < -0.39 is 6.03 Å². The predicted octanol–water partition coefficient (Wildman–Crippen LogP) is 6.23. The number of methoxy groups -OCH3 is 1. The van der Waals surface area contributed by atoms with E-state index in [0.29, 0.717) is 30.2 Å². The maximum Gasteiger partial charge on any atom is 0.339 e. The van der Waals surface area contributed by atoms with Crippen LogP contribution in [0.3, 0.4) is 0 Å². The van der Waals surface area contributed by atoms with Gasteiger partial charge in [0.05, 0.1) is 13.3 Å². The van der Waals surface area contributed by atoms with Crippen molar-refractivity contribution in [2.75, 3.05) is 12.4 Å². The number of benzene rings is 3. The van der Waals surface area contributed by atoms with Gasteiger partial charge in [-0.25, -0.2) is 10.2 Å². The Labute approximate surface area is 202 Å². The minimum atomic E-state index is -0.436. The summed E-state index contributed by atoms with van der Waals surface area (Å²) in [7, 11) is 1.59. The van der Waals surface area contributed by atoms with Crippen molar-refractivity contribution in [2.45, 2.75) is 20.0 Å². The Bertz CT molecular complexity index is 1150. The maximum atomic E-state index is 12.2. The summed E-state index contributed by atoms with van der Waals surface area (Å²) in [6, 6.07) is 18.8. The lowest BCUT2D eigenvalue weighted by Crippen LogP contribution is -2.24. The van der Waals surface area contributed by atoms with E-state index in [4.69, 9.17) is 9.47 Å². The number of carbonyl (C=O) groups excluding carboxylic acids is 1. The molecule has 0 atom stereocenters. The number of halogens is 1. The van der Waals surface area contributed by atoms with Crippen LogP contribution in [0.25, 0.3) is 0 Å². The molecule has 0 bridgehead atoms. The lowest BCUT2D eigenvalue weighted by atomic mass is 10.1. The van der Waals surface area contributed by atoms with Gasteiger partial charge in [-0.1, -0.05) is 52.3 Å². The molecule has 0 aromatic heterocycles. The van der Waals surface area contributed by atoms with Crippen LogP contribution in [0.2, 0.25) is 0 Å². The Balaban J connectivity index is 1.70. The van der Waals surface area contributed by atoms with E-state index in [2.05, 4.69) is 38.4 Å². The van der Waals surface area contributed by atoms with Gasteiger partial charge in [0.1, 0.15) is 6.61 Å². The number of allylic oxidation sites excluding steroid dienone is 1. The Morgan fingerprint density at radius 1 is 1.15 bits per heavy atom. The average Bonchev–Trinajstić information content (AvgIpc) is 2.81. The van der Waals surface area contributed by atoms with Crippen LogP contribution in [0.4, 0.5) is 10.5 Å². The van der Waals surface area contributed by atoms with E-state index in [1.807, 2.05) is 61.5 Å². The molecule has 0 saturated carbocycles. The van der Waals surface area contributed by atoms with E-state index >= 15 is 0 Å². The standard InChI is InChI=1S/C26H26BrN3O3/c1-4-8-21-14-20(15-24(32-3)25(21)33-17-19-9-6-5-7-10-19)16-28-30-26(31)29-22-11-12-23(27)18(2)13-22/h4-7,9-16H,1,8,17H2,2-3H3,(H2,29,30,31)/b28-16+. The topological polar surface area (TPSA) is 72.0 Å². The molecule has 0 heterocycles. The molecule has 3 rings (SSSR count). The molecule has 7 heteroatoms. The fourth-order valence-corrected chi connectivity index (χ4v) is 3.40. The summed E-state index contributed by atoms with van der Waals surface area (Å²) in [5.41, 5.74) is 6.91. The number of carbonyl (C=O) groups is 1. The third kappa shape index (κ3) is 6.95. The molecule has 3 aromatic carbocycles. The van der Waals surface area contributed by atoms with Crippen LogP contribution in [0.5, 0.6) is 11.5 Å². The maximum absolute atomic E-state index is 12.2. The van der Waals surface area contributed by atoms with Gasteiger partial charge in [-0.2, -0.15) is 5.10 Å². The fourth-order valence-electron chi connectivity index (χ4n) is 3.16. The quantitative estimate of drug-likeness (QED) is 0.205. The van der Waals surface area contributed by atoms with Crippen molar-refractivity contribution in [2.24, 2.45) is 5.10 Å². The van der Waals surface area contributed by atoms with E-state index in [1.165, 1.54) is 0 Å². The number of hydrogen-bond donors (Lipinski definition) is 2. The number of anilines is 1. The van der Waals surface area contributed by atoms with Crippen molar-refractivity contribution in [3.63, 3.8) is 0 Å². The molecule has 2 N–H and O–H groups in total. The highest BCUT2D eigenvalue weighted by molar-refractivity contribution is 9.10. The highest BCUT2D eigenvalue weighted by Crippen LogP contribution is 2.34. The third-order valence-electron chi connectivity index (χ3n) is 4.76. The van der Waals surface area contributed by atoms with Crippen molar-refractivity contribution >= 4 is 33.9 Å². The number of ether oxygens (including phenoxy) is 2. The Morgan fingerprint density at radius 2 is 1.94 bits per heavy atom. The summed E-state index contributed by atoms with van der Waals surface area (Å²) in [5.74, 6) is 1.25. The zero-order valence-electron chi connectivity index (χ0n) is 18.6. The fraction of sp³-hybridized carbons (Fsp3) is 0.154. The van der Waals surface area contributed by atoms with Crippen LogP contribution < -0.4 is 20.2 Å². The number of amides is 2. The summed E-state index contributed by atoms with van der Waals surface area (Å²) < 4.78 is 12.6. The number of rotatable bonds is 9. The molecule has 33 heavy (non-hydrogen) atoms. The minimum absolute atomic E-state index is 0.423. The van der Waals surface area contributed by atoms with E-state index in [9.17, 15) is 4.79 Å². The van der Waals surface area contributed by atoms with Crippen LogP contribution in [0, 0.1) is 6.92 Å². The number of urea groups is 1. The van der Waals surface area contributed by atoms with Crippen LogP contribution in [-0.2, 0) is 13.0 Å². The van der Waals surface area contributed by atoms with E-state index in [0.717, 1.165) is 26.7 Å². The van der Waals surface area contributed by atoms with Gasteiger partial charge >= 0.3 is 6.03 Å². The monoisotopic (exact) mass is 507 g/mol. The van der Waals surface area contributed by atoms with Gasteiger partial charge in [0.2, 0.25) is 0 Å². The third-order valence-corrected chi connectivity index (χ3v) is 5.65. The highest BCUT2D eigenvalue weighted by atomic mass is 79.9. The summed E-state index contributed by atoms with van der Waals surface area (Å²) in [5, 5.41) is 6.81. The molecule has 0 aliphatic rings. The molecule has 6 nitrogen and oxygen atoms in total. The first kappa shape index (κ1) is 24.1. The number of hydrazone groups is 1. The summed E-state index contributed by atoms with van der Waals surface area (Å²) in [6.45, 7) is 6.21. The number of hydrogen-bond acceptors (Lipinski definition) is 4. The van der Waals surface area contributed by atoms with Crippen LogP contribution in [-0.4, -0.2) is 19.4 Å². The zero-order valence-corrected chi connectivity index (χ0v) is 20.2. The Morgan fingerprint density at radius 3 is 2.64 bits per heavy atom. The predicted molar refractivity (Wildman–Crippen MR) is 136 cm³/mol. The average molecular weight is 508 g/mol.